The van der Waals surface area contributed by atoms with Gasteiger partial charge in [-0.3, -0.25) is 0 Å². The van der Waals surface area contributed by atoms with Crippen LogP contribution >= 0.6 is 11.6 Å². The standard InChI is InChI=1S/C12H16ClN3O3/c1-3-5-17-7-12(2,14)11-15-10(19-16-11)8-4-6-18-9(8)13/h4,6H,3,5,7,14H2,1-2H3. The van der Waals surface area contributed by atoms with Crippen molar-refractivity contribution in [2.24, 2.45) is 5.73 Å². The Morgan fingerprint density at radius 2 is 2.32 bits per heavy atom. The number of hydrogen-bond donors (Lipinski definition) is 1. The van der Waals surface area contributed by atoms with E-state index in [4.69, 9.17) is 31.0 Å². The lowest BCUT2D eigenvalue weighted by atomic mass is 10.1. The molecule has 0 fully saturated rings. The summed E-state index contributed by atoms with van der Waals surface area (Å²) in [5.74, 6) is 0.650. The fourth-order valence-electron chi connectivity index (χ4n) is 1.50. The fourth-order valence-corrected chi connectivity index (χ4v) is 1.70. The van der Waals surface area contributed by atoms with Crippen LogP contribution in [-0.2, 0) is 10.3 Å². The molecule has 2 aromatic rings. The van der Waals surface area contributed by atoms with E-state index >= 15 is 0 Å². The smallest absolute Gasteiger partial charge is 0.262 e. The van der Waals surface area contributed by atoms with Crippen molar-refractivity contribution in [1.29, 1.82) is 0 Å². The molecule has 19 heavy (non-hydrogen) atoms. The predicted molar refractivity (Wildman–Crippen MR) is 69.7 cm³/mol. The Morgan fingerprint density at radius 3 is 2.95 bits per heavy atom. The first-order chi connectivity index (χ1) is 9.04. The van der Waals surface area contributed by atoms with Crippen molar-refractivity contribution in [2.45, 2.75) is 25.8 Å². The molecule has 2 aromatic heterocycles. The third-order valence-electron chi connectivity index (χ3n) is 2.54. The maximum Gasteiger partial charge on any atom is 0.262 e. The van der Waals surface area contributed by atoms with Crippen LogP contribution in [0.2, 0.25) is 5.22 Å². The highest BCUT2D eigenvalue weighted by Crippen LogP contribution is 2.28. The molecule has 1 unspecified atom stereocenters. The van der Waals surface area contributed by atoms with Gasteiger partial charge in [0.15, 0.2) is 5.82 Å². The summed E-state index contributed by atoms with van der Waals surface area (Å²) in [6.07, 6.45) is 2.38. The molecule has 2 heterocycles. The zero-order valence-electron chi connectivity index (χ0n) is 10.9. The molecular weight excluding hydrogens is 270 g/mol. The number of ether oxygens (including phenoxy) is 1. The van der Waals surface area contributed by atoms with Crippen LogP contribution in [0.3, 0.4) is 0 Å². The Bertz CT molecular complexity index is 536. The van der Waals surface area contributed by atoms with E-state index in [1.807, 2.05) is 6.92 Å². The van der Waals surface area contributed by atoms with E-state index in [1.54, 1.807) is 13.0 Å². The van der Waals surface area contributed by atoms with Crippen molar-refractivity contribution in [1.82, 2.24) is 10.1 Å². The molecular formula is C12H16ClN3O3. The molecule has 1 atom stereocenters. The van der Waals surface area contributed by atoms with Gasteiger partial charge >= 0.3 is 0 Å². The molecule has 0 radical (unpaired) electrons. The Kier molecular flexibility index (Phi) is 4.24. The van der Waals surface area contributed by atoms with Crippen LogP contribution in [-0.4, -0.2) is 23.4 Å². The van der Waals surface area contributed by atoms with Crippen LogP contribution in [0.25, 0.3) is 11.5 Å². The summed E-state index contributed by atoms with van der Waals surface area (Å²) < 4.78 is 15.6. The van der Waals surface area contributed by atoms with Crippen LogP contribution < -0.4 is 5.73 Å². The summed E-state index contributed by atoms with van der Waals surface area (Å²) in [4.78, 5) is 4.24. The van der Waals surface area contributed by atoms with Gasteiger partial charge in [0.1, 0.15) is 5.54 Å². The summed E-state index contributed by atoms with van der Waals surface area (Å²) in [7, 11) is 0. The summed E-state index contributed by atoms with van der Waals surface area (Å²) in [6, 6.07) is 1.65. The first-order valence-electron chi connectivity index (χ1n) is 5.99. The second-order valence-corrected chi connectivity index (χ2v) is 4.84. The maximum absolute atomic E-state index is 6.12. The molecule has 6 nitrogen and oxygen atoms in total. The monoisotopic (exact) mass is 285 g/mol. The number of nitrogens with two attached hydrogens (primary N) is 1. The van der Waals surface area contributed by atoms with Gasteiger partial charge in [0.25, 0.3) is 5.89 Å². The van der Waals surface area contributed by atoms with Gasteiger partial charge in [-0.05, 0) is 31.0 Å². The van der Waals surface area contributed by atoms with Crippen molar-refractivity contribution in [3.63, 3.8) is 0 Å². The molecule has 7 heteroatoms. The SMILES string of the molecule is CCCOCC(C)(N)c1noc(-c2ccoc2Cl)n1. The van der Waals surface area contributed by atoms with Gasteiger partial charge in [0, 0.05) is 6.61 Å². The van der Waals surface area contributed by atoms with E-state index in [0.29, 0.717) is 24.6 Å². The number of hydrogen-bond acceptors (Lipinski definition) is 6. The largest absolute Gasteiger partial charge is 0.452 e. The van der Waals surface area contributed by atoms with E-state index in [0.717, 1.165) is 6.42 Å². The number of nitrogens with zero attached hydrogens (tertiary/aromatic N) is 2. The van der Waals surface area contributed by atoms with Crippen LogP contribution in [0, 0.1) is 0 Å². The summed E-state index contributed by atoms with van der Waals surface area (Å²) in [5, 5.41) is 4.08. The van der Waals surface area contributed by atoms with Gasteiger partial charge in [-0.1, -0.05) is 12.1 Å². The number of furan rings is 1. The molecule has 104 valence electrons. The van der Waals surface area contributed by atoms with Crippen molar-refractivity contribution < 1.29 is 13.7 Å². The molecule has 0 saturated heterocycles. The van der Waals surface area contributed by atoms with Crippen LogP contribution in [0.15, 0.2) is 21.3 Å². The highest BCUT2D eigenvalue weighted by molar-refractivity contribution is 6.31. The summed E-state index contributed by atoms with van der Waals surface area (Å²) in [5.41, 5.74) is 5.85. The first kappa shape index (κ1) is 14.0. The molecule has 0 bridgehead atoms. The predicted octanol–water partition coefficient (Wildman–Crippen LogP) is 2.58. The van der Waals surface area contributed by atoms with Gasteiger partial charge in [0.05, 0.1) is 18.4 Å². The molecule has 0 aromatic carbocycles. The van der Waals surface area contributed by atoms with Gasteiger partial charge in [-0.2, -0.15) is 4.98 Å². The van der Waals surface area contributed by atoms with E-state index < -0.39 is 5.54 Å². The average molecular weight is 286 g/mol. The van der Waals surface area contributed by atoms with E-state index in [-0.39, 0.29) is 11.1 Å². The highest BCUT2D eigenvalue weighted by Gasteiger charge is 2.28. The molecule has 0 aliphatic carbocycles. The van der Waals surface area contributed by atoms with E-state index in [2.05, 4.69) is 10.1 Å². The van der Waals surface area contributed by atoms with E-state index in [1.165, 1.54) is 6.26 Å². The molecule has 0 amide bonds. The third kappa shape index (κ3) is 3.15. The molecule has 0 spiro atoms. The zero-order valence-corrected chi connectivity index (χ0v) is 11.6. The lowest BCUT2D eigenvalue weighted by molar-refractivity contribution is 0.0867. The Hall–Kier alpha value is -1.37. The van der Waals surface area contributed by atoms with Gasteiger partial charge in [0.2, 0.25) is 5.22 Å². The molecule has 0 aliphatic heterocycles. The maximum atomic E-state index is 6.12. The summed E-state index contributed by atoms with van der Waals surface area (Å²) in [6.45, 7) is 4.78. The molecule has 0 aliphatic rings. The molecule has 0 saturated carbocycles. The normalized spacial score (nSPS) is 14.5. The van der Waals surface area contributed by atoms with Crippen molar-refractivity contribution in [3.05, 3.63) is 23.4 Å². The zero-order chi connectivity index (χ0) is 13.9. The minimum Gasteiger partial charge on any atom is -0.452 e. The number of aromatic nitrogens is 2. The van der Waals surface area contributed by atoms with Crippen molar-refractivity contribution in [3.8, 4) is 11.5 Å². The average Bonchev–Trinajstić information content (AvgIpc) is 2.97. The fraction of sp³-hybridized carbons (Fsp3) is 0.500. The van der Waals surface area contributed by atoms with Crippen LogP contribution in [0.5, 0.6) is 0 Å². The second kappa shape index (κ2) is 5.73. The number of rotatable bonds is 6. The summed E-state index contributed by atoms with van der Waals surface area (Å²) >= 11 is 5.85. The van der Waals surface area contributed by atoms with Crippen molar-refractivity contribution >= 4 is 11.6 Å². The van der Waals surface area contributed by atoms with Gasteiger partial charge < -0.3 is 19.4 Å². The van der Waals surface area contributed by atoms with Gasteiger partial charge in [-0.15, -0.1) is 0 Å². The number of halogens is 1. The minimum absolute atomic E-state index is 0.205. The van der Waals surface area contributed by atoms with Gasteiger partial charge in [-0.25, -0.2) is 0 Å². The lowest BCUT2D eigenvalue weighted by Crippen LogP contribution is -2.39. The van der Waals surface area contributed by atoms with Crippen LogP contribution in [0.1, 0.15) is 26.1 Å². The Balaban J connectivity index is 2.14. The quantitative estimate of drug-likeness (QED) is 0.821. The van der Waals surface area contributed by atoms with Crippen LogP contribution in [0.4, 0.5) is 0 Å². The second-order valence-electron chi connectivity index (χ2n) is 4.50. The minimum atomic E-state index is -0.812. The van der Waals surface area contributed by atoms with Crippen molar-refractivity contribution in [2.75, 3.05) is 13.2 Å². The van der Waals surface area contributed by atoms with E-state index in [9.17, 15) is 0 Å². The highest BCUT2D eigenvalue weighted by atomic mass is 35.5. The Labute approximate surface area is 115 Å². The lowest BCUT2D eigenvalue weighted by Gasteiger charge is -2.19. The third-order valence-corrected chi connectivity index (χ3v) is 2.83. The first-order valence-corrected chi connectivity index (χ1v) is 6.36. The Morgan fingerprint density at radius 1 is 1.53 bits per heavy atom. The molecule has 2 rings (SSSR count). The topological polar surface area (TPSA) is 87.3 Å². The molecule has 2 N–H and O–H groups in total.